The van der Waals surface area contributed by atoms with Crippen LogP contribution in [0.25, 0.3) is 12.2 Å². The van der Waals surface area contributed by atoms with Gasteiger partial charge in [-0.2, -0.15) is 0 Å². The lowest BCUT2D eigenvalue weighted by molar-refractivity contribution is -0.129. The summed E-state index contributed by atoms with van der Waals surface area (Å²) in [4.78, 5) is 28.7. The van der Waals surface area contributed by atoms with Crippen molar-refractivity contribution in [2.45, 2.75) is 20.8 Å². The third kappa shape index (κ3) is 3.42. The molecule has 2 aromatic rings. The summed E-state index contributed by atoms with van der Waals surface area (Å²) in [6.07, 6.45) is 3.87. The summed E-state index contributed by atoms with van der Waals surface area (Å²) in [5, 5.41) is 4.03. The molecule has 0 spiro atoms. The van der Waals surface area contributed by atoms with Crippen LogP contribution in [0.2, 0.25) is 0 Å². The zero-order valence-corrected chi connectivity index (χ0v) is 15.6. The minimum absolute atomic E-state index is 0.00916. The lowest BCUT2D eigenvalue weighted by Gasteiger charge is -2.29. The van der Waals surface area contributed by atoms with Crippen LogP contribution < -0.4 is 0 Å². The van der Waals surface area contributed by atoms with Gasteiger partial charge in [0.2, 0.25) is 5.91 Å². The highest BCUT2D eigenvalue weighted by molar-refractivity contribution is 7.11. The van der Waals surface area contributed by atoms with Crippen molar-refractivity contribution in [3.63, 3.8) is 0 Å². The Labute approximate surface area is 149 Å². The molecule has 1 amide bonds. The van der Waals surface area contributed by atoms with Gasteiger partial charge in [-0.3, -0.25) is 9.59 Å². The molecular weight excluding hydrogens is 338 g/mol. The number of likely N-dealkylation sites (tertiary alicyclic amines) is 1. The number of thiophene rings is 2. The quantitative estimate of drug-likeness (QED) is 0.751. The highest BCUT2D eigenvalue weighted by Gasteiger charge is 2.27. The number of hydrogen-bond acceptors (Lipinski definition) is 4. The SMILES string of the molecule is CC(=O)N1C/C(=C/c2sccc2C)C(=O)/C(=C/c2sccc2C)C1. The van der Waals surface area contributed by atoms with E-state index < -0.39 is 0 Å². The fraction of sp³-hybridized carbons (Fsp3) is 0.263. The van der Waals surface area contributed by atoms with E-state index in [0.29, 0.717) is 24.2 Å². The Morgan fingerprint density at radius 1 is 1.00 bits per heavy atom. The van der Waals surface area contributed by atoms with Gasteiger partial charge in [0.1, 0.15) is 0 Å². The first kappa shape index (κ1) is 16.9. The Morgan fingerprint density at radius 2 is 1.46 bits per heavy atom. The summed E-state index contributed by atoms with van der Waals surface area (Å²) in [6, 6.07) is 4.08. The molecule has 0 radical (unpaired) electrons. The van der Waals surface area contributed by atoms with Gasteiger partial charge in [0.25, 0.3) is 0 Å². The van der Waals surface area contributed by atoms with E-state index >= 15 is 0 Å². The molecule has 0 bridgehead atoms. The van der Waals surface area contributed by atoms with Crippen LogP contribution in [0.3, 0.4) is 0 Å². The molecule has 124 valence electrons. The maximum atomic E-state index is 12.9. The van der Waals surface area contributed by atoms with Gasteiger partial charge in [-0.05, 0) is 60.0 Å². The molecular formula is C19H19NO2S2. The van der Waals surface area contributed by atoms with Gasteiger partial charge in [0, 0.05) is 40.9 Å². The number of hydrogen-bond donors (Lipinski definition) is 0. The highest BCUT2D eigenvalue weighted by Crippen LogP contribution is 2.27. The van der Waals surface area contributed by atoms with Crippen LogP contribution in [-0.2, 0) is 9.59 Å². The Kier molecular flexibility index (Phi) is 4.83. The second-order valence-electron chi connectivity index (χ2n) is 5.98. The molecule has 3 rings (SSSR count). The largest absolute Gasteiger partial charge is 0.334 e. The fourth-order valence-corrected chi connectivity index (χ4v) is 4.41. The van der Waals surface area contributed by atoms with Gasteiger partial charge in [-0.15, -0.1) is 22.7 Å². The van der Waals surface area contributed by atoms with E-state index in [0.717, 1.165) is 20.9 Å². The first-order valence-corrected chi connectivity index (χ1v) is 9.51. The maximum absolute atomic E-state index is 12.9. The van der Waals surface area contributed by atoms with E-state index in [1.165, 1.54) is 0 Å². The Hall–Kier alpha value is -1.98. The number of amides is 1. The summed E-state index contributed by atoms with van der Waals surface area (Å²) in [6.45, 7) is 6.38. The Bertz CT molecular complexity index is 792. The van der Waals surface area contributed by atoms with Crippen molar-refractivity contribution in [1.82, 2.24) is 4.90 Å². The van der Waals surface area contributed by atoms with Crippen molar-refractivity contribution < 1.29 is 9.59 Å². The van der Waals surface area contributed by atoms with Crippen molar-refractivity contribution in [1.29, 1.82) is 0 Å². The maximum Gasteiger partial charge on any atom is 0.220 e. The van der Waals surface area contributed by atoms with Crippen LogP contribution in [0.4, 0.5) is 0 Å². The Morgan fingerprint density at radius 3 is 1.79 bits per heavy atom. The Balaban J connectivity index is 2.01. The molecule has 1 aliphatic heterocycles. The second-order valence-corrected chi connectivity index (χ2v) is 7.87. The first-order valence-electron chi connectivity index (χ1n) is 7.75. The summed E-state index contributed by atoms with van der Waals surface area (Å²) < 4.78 is 0. The first-order chi connectivity index (χ1) is 11.5. The van der Waals surface area contributed by atoms with Gasteiger partial charge in [0.05, 0.1) is 0 Å². The molecule has 1 saturated heterocycles. The van der Waals surface area contributed by atoms with E-state index in [1.807, 2.05) is 48.9 Å². The van der Waals surface area contributed by atoms with Crippen molar-refractivity contribution in [3.8, 4) is 0 Å². The monoisotopic (exact) mass is 357 g/mol. The summed E-state index contributed by atoms with van der Waals surface area (Å²) in [5.41, 5.74) is 3.67. The number of carbonyl (C=O) groups is 2. The number of Topliss-reactive ketones (excluding diaryl/α,β-unsaturated/α-hetero) is 1. The number of carbonyl (C=O) groups excluding carboxylic acids is 2. The molecule has 3 nitrogen and oxygen atoms in total. The van der Waals surface area contributed by atoms with Crippen LogP contribution in [0.5, 0.6) is 0 Å². The molecule has 3 heterocycles. The number of piperidine rings is 1. The van der Waals surface area contributed by atoms with Crippen molar-refractivity contribution >= 4 is 46.5 Å². The molecule has 24 heavy (non-hydrogen) atoms. The zero-order chi connectivity index (χ0) is 17.3. The van der Waals surface area contributed by atoms with Gasteiger partial charge in [0.15, 0.2) is 5.78 Å². The molecule has 0 unspecified atom stereocenters. The number of aryl methyl sites for hydroxylation is 2. The van der Waals surface area contributed by atoms with E-state index in [2.05, 4.69) is 0 Å². The number of ketones is 1. The van der Waals surface area contributed by atoms with Gasteiger partial charge < -0.3 is 4.90 Å². The van der Waals surface area contributed by atoms with E-state index in [1.54, 1.807) is 34.5 Å². The molecule has 2 aromatic heterocycles. The number of rotatable bonds is 2. The summed E-state index contributed by atoms with van der Waals surface area (Å²) >= 11 is 3.23. The topological polar surface area (TPSA) is 37.4 Å². The van der Waals surface area contributed by atoms with E-state index in [-0.39, 0.29) is 11.7 Å². The molecule has 0 saturated carbocycles. The van der Waals surface area contributed by atoms with Crippen molar-refractivity contribution in [3.05, 3.63) is 54.9 Å². The summed E-state index contributed by atoms with van der Waals surface area (Å²) in [5.74, 6) is 0.0400. The smallest absolute Gasteiger partial charge is 0.220 e. The predicted octanol–water partition coefficient (Wildman–Crippen LogP) is 4.32. The van der Waals surface area contributed by atoms with Crippen molar-refractivity contribution in [2.24, 2.45) is 0 Å². The molecule has 5 heteroatoms. The second kappa shape index (κ2) is 6.87. The highest BCUT2D eigenvalue weighted by atomic mass is 32.1. The standard InChI is InChI=1S/C19H19NO2S2/c1-12-4-6-23-17(12)8-15-10-20(14(3)21)11-16(19(15)22)9-18-13(2)5-7-24-18/h4-9H,10-11H2,1-3H3/b15-8-,16-9+. The zero-order valence-electron chi connectivity index (χ0n) is 14.0. The van der Waals surface area contributed by atoms with Crippen LogP contribution in [-0.4, -0.2) is 29.7 Å². The minimum atomic E-state index is -0.00916. The van der Waals surface area contributed by atoms with Crippen LogP contribution >= 0.6 is 22.7 Å². The van der Waals surface area contributed by atoms with Gasteiger partial charge in [-0.25, -0.2) is 0 Å². The minimum Gasteiger partial charge on any atom is -0.334 e. The normalized spacial score (nSPS) is 18.6. The van der Waals surface area contributed by atoms with Gasteiger partial charge >= 0.3 is 0 Å². The van der Waals surface area contributed by atoms with E-state index in [4.69, 9.17) is 0 Å². The molecule has 0 N–H and O–H groups in total. The molecule has 0 atom stereocenters. The lowest BCUT2D eigenvalue weighted by atomic mass is 9.95. The third-order valence-corrected chi connectivity index (χ3v) is 6.10. The molecule has 1 fully saturated rings. The molecule has 1 aliphatic rings. The predicted molar refractivity (Wildman–Crippen MR) is 101 cm³/mol. The number of nitrogens with zero attached hydrogens (tertiary/aromatic N) is 1. The van der Waals surface area contributed by atoms with Crippen LogP contribution in [0.15, 0.2) is 34.0 Å². The van der Waals surface area contributed by atoms with Crippen LogP contribution in [0.1, 0.15) is 27.8 Å². The van der Waals surface area contributed by atoms with Crippen LogP contribution in [0, 0.1) is 13.8 Å². The molecule has 0 aliphatic carbocycles. The van der Waals surface area contributed by atoms with Crippen molar-refractivity contribution in [2.75, 3.05) is 13.1 Å². The fourth-order valence-electron chi connectivity index (χ4n) is 2.64. The average Bonchev–Trinajstić information content (AvgIpc) is 3.12. The average molecular weight is 358 g/mol. The molecule has 0 aromatic carbocycles. The van der Waals surface area contributed by atoms with E-state index in [9.17, 15) is 9.59 Å². The lowest BCUT2D eigenvalue weighted by Crippen LogP contribution is -2.40. The summed E-state index contributed by atoms with van der Waals surface area (Å²) in [7, 11) is 0. The van der Waals surface area contributed by atoms with Gasteiger partial charge in [-0.1, -0.05) is 0 Å². The third-order valence-electron chi connectivity index (χ3n) is 4.17.